The molecule has 0 amide bonds. The number of methoxy groups -OCH3 is 1. The summed E-state index contributed by atoms with van der Waals surface area (Å²) in [6.07, 6.45) is 2.73. The van der Waals surface area contributed by atoms with Crippen molar-refractivity contribution < 1.29 is 4.74 Å². The van der Waals surface area contributed by atoms with Crippen LogP contribution in [-0.4, -0.2) is 53.4 Å². The van der Waals surface area contributed by atoms with Crippen LogP contribution in [0.15, 0.2) is 29.4 Å². The van der Waals surface area contributed by atoms with E-state index in [-0.39, 0.29) is 5.60 Å². The Hall–Kier alpha value is -2.15. The van der Waals surface area contributed by atoms with E-state index >= 15 is 0 Å². The Labute approximate surface area is 130 Å². The molecule has 0 spiro atoms. The lowest BCUT2D eigenvalue weighted by molar-refractivity contribution is 0.0268. The first-order valence-corrected chi connectivity index (χ1v) is 7.34. The minimum absolute atomic E-state index is 0.235. The number of pyridine rings is 1. The summed E-state index contributed by atoms with van der Waals surface area (Å²) in [5.41, 5.74) is 0.628. The van der Waals surface area contributed by atoms with Gasteiger partial charge in [-0.25, -0.2) is 0 Å². The number of aromatic nitrogens is 3. The molecule has 2 heterocycles. The number of rotatable bonds is 6. The van der Waals surface area contributed by atoms with Gasteiger partial charge in [-0.1, -0.05) is 6.07 Å². The Morgan fingerprint density at radius 1 is 1.32 bits per heavy atom. The summed E-state index contributed by atoms with van der Waals surface area (Å²) in [6, 6.07) is 5.87. The average Bonchev–Trinajstić information content (AvgIpc) is 2.94. The highest BCUT2D eigenvalue weighted by atomic mass is 16.5. The van der Waals surface area contributed by atoms with Gasteiger partial charge < -0.3 is 15.4 Å². The number of hydrogen-bond acceptors (Lipinski definition) is 4. The molecule has 0 saturated heterocycles. The number of guanidine groups is 1. The van der Waals surface area contributed by atoms with Gasteiger partial charge in [0.15, 0.2) is 11.6 Å². The fourth-order valence-electron chi connectivity index (χ4n) is 1.94. The minimum atomic E-state index is -0.235. The average molecular weight is 304 g/mol. The number of nitrogens with zero attached hydrogens (tertiary/aromatic N) is 4. The highest BCUT2D eigenvalue weighted by molar-refractivity contribution is 5.79. The van der Waals surface area contributed by atoms with Gasteiger partial charge in [-0.2, -0.15) is 0 Å². The van der Waals surface area contributed by atoms with E-state index in [2.05, 4.69) is 25.8 Å². The summed E-state index contributed by atoms with van der Waals surface area (Å²) in [4.78, 5) is 4.20. The van der Waals surface area contributed by atoms with Gasteiger partial charge in [-0.15, -0.1) is 10.2 Å². The molecular formula is C15H24N6O. The summed E-state index contributed by atoms with van der Waals surface area (Å²) in [5.74, 6) is 1.68. The third-order valence-electron chi connectivity index (χ3n) is 3.48. The third kappa shape index (κ3) is 4.17. The zero-order chi connectivity index (χ0) is 16.0. The van der Waals surface area contributed by atoms with Crippen molar-refractivity contribution in [2.75, 3.05) is 27.2 Å². The van der Waals surface area contributed by atoms with Gasteiger partial charge in [0, 0.05) is 39.9 Å². The van der Waals surface area contributed by atoms with E-state index < -0.39 is 0 Å². The molecule has 0 aliphatic rings. The van der Waals surface area contributed by atoms with Crippen molar-refractivity contribution in [2.45, 2.75) is 25.9 Å². The molecule has 0 radical (unpaired) electrons. The lowest BCUT2D eigenvalue weighted by Crippen LogP contribution is -2.45. The summed E-state index contributed by atoms with van der Waals surface area (Å²) in [7, 11) is 3.45. The van der Waals surface area contributed by atoms with Crippen LogP contribution in [0.25, 0.3) is 5.65 Å². The van der Waals surface area contributed by atoms with Crippen LogP contribution in [0.5, 0.6) is 0 Å². The minimum Gasteiger partial charge on any atom is -0.377 e. The molecular weight excluding hydrogens is 280 g/mol. The monoisotopic (exact) mass is 304 g/mol. The van der Waals surface area contributed by atoms with Crippen LogP contribution in [-0.2, 0) is 11.2 Å². The first-order valence-electron chi connectivity index (χ1n) is 7.34. The predicted molar refractivity (Wildman–Crippen MR) is 87.1 cm³/mol. The summed E-state index contributed by atoms with van der Waals surface area (Å²) in [6.45, 7) is 5.45. The number of aliphatic imine (C=N–C) groups is 1. The molecule has 2 N–H and O–H groups in total. The number of nitrogens with one attached hydrogen (secondary N) is 2. The number of hydrogen-bond donors (Lipinski definition) is 2. The van der Waals surface area contributed by atoms with Crippen molar-refractivity contribution in [3.63, 3.8) is 0 Å². The fraction of sp³-hybridized carbons (Fsp3) is 0.533. The van der Waals surface area contributed by atoms with Gasteiger partial charge in [0.1, 0.15) is 5.82 Å². The lowest BCUT2D eigenvalue weighted by atomic mass is 10.1. The molecule has 120 valence electrons. The van der Waals surface area contributed by atoms with Gasteiger partial charge in [-0.3, -0.25) is 9.39 Å². The van der Waals surface area contributed by atoms with Gasteiger partial charge in [0.05, 0.1) is 5.60 Å². The highest BCUT2D eigenvalue weighted by Crippen LogP contribution is 2.04. The Bertz CT molecular complexity index is 634. The Balaban J connectivity index is 1.84. The summed E-state index contributed by atoms with van der Waals surface area (Å²) < 4.78 is 7.37. The molecule has 7 heteroatoms. The van der Waals surface area contributed by atoms with Crippen molar-refractivity contribution in [3.8, 4) is 0 Å². The molecule has 0 atom stereocenters. The largest absolute Gasteiger partial charge is 0.377 e. The Morgan fingerprint density at radius 2 is 2.14 bits per heavy atom. The SMILES string of the molecule is CN=C(NCCc1nnc2ccccn12)NCC(C)(C)OC. The zero-order valence-electron chi connectivity index (χ0n) is 13.6. The maximum atomic E-state index is 5.38. The second-order valence-electron chi connectivity index (χ2n) is 5.61. The van der Waals surface area contributed by atoms with E-state index in [4.69, 9.17) is 4.74 Å². The molecule has 7 nitrogen and oxygen atoms in total. The standard InChI is InChI=1S/C15H24N6O/c1-15(2,22-4)11-18-14(16-3)17-9-8-13-20-19-12-7-5-6-10-21(12)13/h5-7,10H,8-9,11H2,1-4H3,(H2,16,17,18). The van der Waals surface area contributed by atoms with Gasteiger partial charge >= 0.3 is 0 Å². The molecule has 0 aliphatic heterocycles. The Morgan fingerprint density at radius 3 is 2.86 bits per heavy atom. The molecule has 0 fully saturated rings. The van der Waals surface area contributed by atoms with Gasteiger partial charge in [-0.05, 0) is 26.0 Å². The predicted octanol–water partition coefficient (Wildman–Crippen LogP) is 0.862. The third-order valence-corrected chi connectivity index (χ3v) is 3.48. The van der Waals surface area contributed by atoms with Crippen molar-refractivity contribution >= 4 is 11.6 Å². The Kier molecular flexibility index (Phi) is 5.32. The molecule has 2 aromatic rings. The zero-order valence-corrected chi connectivity index (χ0v) is 13.6. The van der Waals surface area contributed by atoms with Crippen LogP contribution >= 0.6 is 0 Å². The van der Waals surface area contributed by atoms with E-state index in [1.807, 2.05) is 42.6 Å². The molecule has 0 aromatic carbocycles. The number of ether oxygens (including phenoxy) is 1. The molecule has 0 aliphatic carbocycles. The quantitative estimate of drug-likeness (QED) is 0.611. The summed E-state index contributed by atoms with van der Waals surface area (Å²) in [5, 5.41) is 14.9. The van der Waals surface area contributed by atoms with E-state index in [0.29, 0.717) is 6.54 Å². The van der Waals surface area contributed by atoms with Crippen LogP contribution in [0.4, 0.5) is 0 Å². The maximum absolute atomic E-state index is 5.38. The van der Waals surface area contributed by atoms with Crippen LogP contribution in [0, 0.1) is 0 Å². The molecule has 2 rings (SSSR count). The van der Waals surface area contributed by atoms with Crippen LogP contribution in [0.2, 0.25) is 0 Å². The van der Waals surface area contributed by atoms with E-state index in [0.717, 1.165) is 30.4 Å². The van der Waals surface area contributed by atoms with Crippen molar-refractivity contribution in [3.05, 3.63) is 30.2 Å². The normalized spacial score (nSPS) is 12.6. The van der Waals surface area contributed by atoms with Crippen LogP contribution < -0.4 is 10.6 Å². The molecule has 0 bridgehead atoms. The van der Waals surface area contributed by atoms with Crippen molar-refractivity contribution in [2.24, 2.45) is 4.99 Å². The smallest absolute Gasteiger partial charge is 0.191 e. The first kappa shape index (κ1) is 16.2. The summed E-state index contributed by atoms with van der Waals surface area (Å²) >= 11 is 0. The lowest BCUT2D eigenvalue weighted by Gasteiger charge is -2.24. The van der Waals surface area contributed by atoms with Crippen molar-refractivity contribution in [1.29, 1.82) is 0 Å². The first-order chi connectivity index (χ1) is 10.6. The van der Waals surface area contributed by atoms with E-state index in [1.54, 1.807) is 14.2 Å². The van der Waals surface area contributed by atoms with Gasteiger partial charge in [0.2, 0.25) is 0 Å². The highest BCUT2D eigenvalue weighted by Gasteiger charge is 2.16. The second-order valence-corrected chi connectivity index (χ2v) is 5.61. The number of fused-ring (bicyclic) bond motifs is 1. The maximum Gasteiger partial charge on any atom is 0.191 e. The molecule has 0 unspecified atom stereocenters. The molecule has 2 aromatic heterocycles. The van der Waals surface area contributed by atoms with Gasteiger partial charge in [0.25, 0.3) is 0 Å². The van der Waals surface area contributed by atoms with Crippen LogP contribution in [0.3, 0.4) is 0 Å². The van der Waals surface area contributed by atoms with Crippen LogP contribution in [0.1, 0.15) is 19.7 Å². The molecule has 22 heavy (non-hydrogen) atoms. The topological polar surface area (TPSA) is 75.8 Å². The fourth-order valence-corrected chi connectivity index (χ4v) is 1.94. The second kappa shape index (κ2) is 7.22. The van der Waals surface area contributed by atoms with Crippen molar-refractivity contribution in [1.82, 2.24) is 25.2 Å². The van der Waals surface area contributed by atoms with E-state index in [1.165, 1.54) is 0 Å². The van der Waals surface area contributed by atoms with E-state index in [9.17, 15) is 0 Å². The molecule has 0 saturated carbocycles.